The van der Waals surface area contributed by atoms with Gasteiger partial charge in [-0.05, 0) is 47.9 Å². The molecule has 0 amide bonds. The van der Waals surface area contributed by atoms with Crippen LogP contribution >= 0.6 is 0 Å². The van der Waals surface area contributed by atoms with Gasteiger partial charge in [0.15, 0.2) is 0 Å². The average molecular weight is 247 g/mol. The number of rotatable bonds is 1. The predicted molar refractivity (Wildman–Crippen MR) is 83.3 cm³/mol. The molecule has 1 heteroatoms. The fourth-order valence-corrected chi connectivity index (χ4v) is 2.62. The highest BCUT2D eigenvalue weighted by Crippen LogP contribution is 2.35. The van der Waals surface area contributed by atoms with Crippen LogP contribution in [-0.2, 0) is 0 Å². The molecule has 0 bridgehead atoms. The first kappa shape index (κ1) is 11.8. The van der Waals surface area contributed by atoms with Gasteiger partial charge in [-0.25, -0.2) is 0 Å². The Morgan fingerprint density at radius 2 is 1.63 bits per heavy atom. The Hall–Kier alpha value is -2.28. The number of hydrogen-bond acceptors (Lipinski definition) is 1. The van der Waals surface area contributed by atoms with Gasteiger partial charge in [0.1, 0.15) is 0 Å². The summed E-state index contributed by atoms with van der Waals surface area (Å²) in [5.74, 6) is 0. The van der Waals surface area contributed by atoms with Crippen LogP contribution in [0, 0.1) is 13.8 Å². The topological polar surface area (TPSA) is 26.0 Å². The van der Waals surface area contributed by atoms with Crippen LogP contribution in [0.4, 0.5) is 5.69 Å². The van der Waals surface area contributed by atoms with Crippen LogP contribution in [0.15, 0.2) is 54.6 Å². The second-order valence-corrected chi connectivity index (χ2v) is 5.07. The van der Waals surface area contributed by atoms with Gasteiger partial charge >= 0.3 is 0 Å². The van der Waals surface area contributed by atoms with Gasteiger partial charge in [0, 0.05) is 11.3 Å². The summed E-state index contributed by atoms with van der Waals surface area (Å²) in [6, 6.07) is 19.0. The van der Waals surface area contributed by atoms with Crippen molar-refractivity contribution in [2.75, 3.05) is 5.73 Å². The van der Waals surface area contributed by atoms with Crippen molar-refractivity contribution in [3.63, 3.8) is 0 Å². The molecule has 2 N–H and O–H groups in total. The summed E-state index contributed by atoms with van der Waals surface area (Å²) < 4.78 is 0. The van der Waals surface area contributed by atoms with Gasteiger partial charge in [-0.15, -0.1) is 0 Å². The molecule has 19 heavy (non-hydrogen) atoms. The van der Waals surface area contributed by atoms with Crippen LogP contribution in [0.1, 0.15) is 11.1 Å². The fourth-order valence-electron chi connectivity index (χ4n) is 2.62. The minimum Gasteiger partial charge on any atom is -0.398 e. The van der Waals surface area contributed by atoms with Gasteiger partial charge in [-0.2, -0.15) is 0 Å². The Bertz CT molecular complexity index is 757. The van der Waals surface area contributed by atoms with Gasteiger partial charge in [0.05, 0.1) is 0 Å². The quantitative estimate of drug-likeness (QED) is 0.619. The summed E-state index contributed by atoms with van der Waals surface area (Å²) in [6.45, 7) is 4.24. The molecule has 0 heterocycles. The van der Waals surface area contributed by atoms with E-state index in [9.17, 15) is 0 Å². The standard InChI is InChI=1S/C18H17N/c1-12-7-10-17(19)16(11-12)18-13(2)8-9-14-5-3-4-6-15(14)18/h3-11H,19H2,1-2H3. The van der Waals surface area contributed by atoms with Crippen LogP contribution in [0.5, 0.6) is 0 Å². The van der Waals surface area contributed by atoms with Crippen molar-refractivity contribution in [2.45, 2.75) is 13.8 Å². The number of anilines is 1. The molecular weight excluding hydrogens is 230 g/mol. The Morgan fingerprint density at radius 3 is 2.47 bits per heavy atom. The van der Waals surface area contributed by atoms with Crippen molar-refractivity contribution >= 4 is 16.5 Å². The normalized spacial score (nSPS) is 10.8. The molecule has 3 rings (SSSR count). The molecule has 0 aliphatic rings. The van der Waals surface area contributed by atoms with Crippen molar-refractivity contribution in [3.05, 3.63) is 65.7 Å². The Balaban J connectivity index is 2.41. The molecule has 0 atom stereocenters. The summed E-state index contributed by atoms with van der Waals surface area (Å²) in [5.41, 5.74) is 11.9. The van der Waals surface area contributed by atoms with E-state index in [1.165, 1.54) is 27.5 Å². The van der Waals surface area contributed by atoms with Crippen molar-refractivity contribution in [1.82, 2.24) is 0 Å². The smallest absolute Gasteiger partial charge is 0.0394 e. The number of aryl methyl sites for hydroxylation is 2. The van der Waals surface area contributed by atoms with Gasteiger partial charge in [0.2, 0.25) is 0 Å². The maximum Gasteiger partial charge on any atom is 0.0394 e. The molecule has 3 aromatic rings. The minimum atomic E-state index is 0.838. The van der Waals surface area contributed by atoms with Crippen LogP contribution in [0.25, 0.3) is 21.9 Å². The highest BCUT2D eigenvalue weighted by molar-refractivity contribution is 6.00. The molecule has 0 aromatic heterocycles. The first-order valence-corrected chi connectivity index (χ1v) is 6.51. The molecule has 0 fully saturated rings. The average Bonchev–Trinajstić information content (AvgIpc) is 2.42. The molecule has 0 saturated carbocycles. The maximum absolute atomic E-state index is 6.18. The molecule has 0 aliphatic carbocycles. The first-order valence-electron chi connectivity index (χ1n) is 6.51. The minimum absolute atomic E-state index is 0.838. The second kappa shape index (κ2) is 4.43. The summed E-state index contributed by atoms with van der Waals surface area (Å²) in [6.07, 6.45) is 0. The van der Waals surface area contributed by atoms with E-state index in [1.54, 1.807) is 0 Å². The van der Waals surface area contributed by atoms with Gasteiger partial charge in [-0.1, -0.05) is 48.0 Å². The van der Waals surface area contributed by atoms with E-state index >= 15 is 0 Å². The highest BCUT2D eigenvalue weighted by Gasteiger charge is 2.10. The van der Waals surface area contributed by atoms with E-state index in [-0.39, 0.29) is 0 Å². The Morgan fingerprint density at radius 1 is 0.842 bits per heavy atom. The molecule has 3 aromatic carbocycles. The third-order valence-electron chi connectivity index (χ3n) is 3.62. The zero-order valence-corrected chi connectivity index (χ0v) is 11.3. The number of hydrogen-bond donors (Lipinski definition) is 1. The van der Waals surface area contributed by atoms with Gasteiger partial charge in [0.25, 0.3) is 0 Å². The van der Waals surface area contributed by atoms with Crippen LogP contribution < -0.4 is 5.73 Å². The lowest BCUT2D eigenvalue weighted by Gasteiger charge is -2.13. The van der Waals surface area contributed by atoms with Gasteiger partial charge in [-0.3, -0.25) is 0 Å². The summed E-state index contributed by atoms with van der Waals surface area (Å²) in [4.78, 5) is 0. The Labute approximate surface area is 113 Å². The molecular formula is C18H17N. The maximum atomic E-state index is 6.18. The lowest BCUT2D eigenvalue weighted by atomic mass is 9.92. The third kappa shape index (κ3) is 1.97. The Kier molecular flexibility index (Phi) is 2.75. The van der Waals surface area contributed by atoms with E-state index in [0.29, 0.717) is 0 Å². The molecule has 0 unspecified atom stereocenters. The second-order valence-electron chi connectivity index (χ2n) is 5.07. The largest absolute Gasteiger partial charge is 0.398 e. The number of fused-ring (bicyclic) bond motifs is 1. The van der Waals surface area contributed by atoms with E-state index in [4.69, 9.17) is 5.73 Å². The first-order chi connectivity index (χ1) is 9.16. The molecule has 0 saturated heterocycles. The number of benzene rings is 3. The molecule has 0 spiro atoms. The molecule has 94 valence electrons. The fraction of sp³-hybridized carbons (Fsp3) is 0.111. The summed E-state index contributed by atoms with van der Waals surface area (Å²) in [7, 11) is 0. The lowest BCUT2D eigenvalue weighted by molar-refractivity contribution is 1.44. The predicted octanol–water partition coefficient (Wildman–Crippen LogP) is 4.71. The van der Waals surface area contributed by atoms with E-state index in [0.717, 1.165) is 11.3 Å². The van der Waals surface area contributed by atoms with E-state index in [2.05, 4.69) is 62.4 Å². The van der Waals surface area contributed by atoms with Crippen LogP contribution in [-0.4, -0.2) is 0 Å². The third-order valence-corrected chi connectivity index (χ3v) is 3.62. The summed E-state index contributed by atoms with van der Waals surface area (Å²) in [5, 5.41) is 2.52. The van der Waals surface area contributed by atoms with Crippen molar-refractivity contribution in [2.24, 2.45) is 0 Å². The zero-order valence-electron chi connectivity index (χ0n) is 11.3. The van der Waals surface area contributed by atoms with Crippen molar-refractivity contribution < 1.29 is 0 Å². The van der Waals surface area contributed by atoms with Crippen LogP contribution in [0.3, 0.4) is 0 Å². The van der Waals surface area contributed by atoms with E-state index < -0.39 is 0 Å². The number of nitrogen functional groups attached to an aromatic ring is 1. The molecule has 1 nitrogen and oxygen atoms in total. The van der Waals surface area contributed by atoms with Crippen molar-refractivity contribution in [3.8, 4) is 11.1 Å². The lowest BCUT2D eigenvalue weighted by Crippen LogP contribution is -1.93. The monoisotopic (exact) mass is 247 g/mol. The number of nitrogens with two attached hydrogens (primary N) is 1. The molecule has 0 radical (unpaired) electrons. The van der Waals surface area contributed by atoms with Crippen LogP contribution in [0.2, 0.25) is 0 Å². The molecule has 0 aliphatic heterocycles. The SMILES string of the molecule is Cc1ccc(N)c(-c2c(C)ccc3ccccc23)c1. The van der Waals surface area contributed by atoms with Gasteiger partial charge < -0.3 is 5.73 Å². The van der Waals surface area contributed by atoms with Crippen molar-refractivity contribution in [1.29, 1.82) is 0 Å². The zero-order chi connectivity index (χ0) is 13.4. The van der Waals surface area contributed by atoms with E-state index in [1.807, 2.05) is 6.07 Å². The summed E-state index contributed by atoms with van der Waals surface area (Å²) >= 11 is 0. The highest BCUT2D eigenvalue weighted by atomic mass is 14.6.